The predicted octanol–water partition coefficient (Wildman–Crippen LogP) is 3.52. The Hall–Kier alpha value is -2.03. The molecule has 2 rings (SSSR count). The quantitative estimate of drug-likeness (QED) is 0.858. The highest BCUT2D eigenvalue weighted by Gasteiger charge is 2.08. The molecule has 0 saturated carbocycles. The highest BCUT2D eigenvalue weighted by molar-refractivity contribution is 5.68. The number of rotatable bonds is 2. The number of methoxy groups -OCH3 is 1. The number of hydrogen-bond donors (Lipinski definition) is 1. The first-order chi connectivity index (χ1) is 8.10. The minimum atomic E-state index is -0.308. The standard InChI is InChI=1S/C14H13FO2/c1-9-3-4-13(14(15)5-9)10-6-11(16)8-12(7-10)17-2/h3-8,16H,1-2H3. The molecule has 0 amide bonds. The normalized spacial score (nSPS) is 10.3. The van der Waals surface area contributed by atoms with Crippen LogP contribution >= 0.6 is 0 Å². The van der Waals surface area contributed by atoms with Crippen LogP contribution in [-0.2, 0) is 0 Å². The van der Waals surface area contributed by atoms with E-state index < -0.39 is 0 Å². The van der Waals surface area contributed by atoms with E-state index in [0.29, 0.717) is 16.9 Å². The minimum Gasteiger partial charge on any atom is -0.508 e. The first kappa shape index (κ1) is 11.5. The lowest BCUT2D eigenvalue weighted by Crippen LogP contribution is -1.88. The van der Waals surface area contributed by atoms with Crippen molar-refractivity contribution in [2.45, 2.75) is 6.92 Å². The summed E-state index contributed by atoms with van der Waals surface area (Å²) in [6.45, 7) is 1.83. The Morgan fingerprint density at radius 1 is 1.12 bits per heavy atom. The molecule has 0 saturated heterocycles. The minimum absolute atomic E-state index is 0.0549. The fourth-order valence-electron chi connectivity index (χ4n) is 1.71. The molecule has 2 nitrogen and oxygen atoms in total. The van der Waals surface area contributed by atoms with Crippen LogP contribution in [-0.4, -0.2) is 12.2 Å². The van der Waals surface area contributed by atoms with Gasteiger partial charge in [0, 0.05) is 11.6 Å². The zero-order chi connectivity index (χ0) is 12.4. The summed E-state index contributed by atoms with van der Waals surface area (Å²) in [6.07, 6.45) is 0. The second-order valence-corrected chi connectivity index (χ2v) is 3.90. The number of ether oxygens (including phenoxy) is 1. The topological polar surface area (TPSA) is 29.5 Å². The van der Waals surface area contributed by atoms with E-state index in [2.05, 4.69) is 0 Å². The van der Waals surface area contributed by atoms with Crippen molar-refractivity contribution in [3.8, 4) is 22.6 Å². The van der Waals surface area contributed by atoms with Crippen LogP contribution < -0.4 is 4.74 Å². The third-order valence-electron chi connectivity index (χ3n) is 2.56. The average molecular weight is 232 g/mol. The second-order valence-electron chi connectivity index (χ2n) is 3.90. The summed E-state index contributed by atoms with van der Waals surface area (Å²) >= 11 is 0. The van der Waals surface area contributed by atoms with Crippen LogP contribution in [0.5, 0.6) is 11.5 Å². The van der Waals surface area contributed by atoms with Crippen molar-refractivity contribution in [3.05, 3.63) is 47.8 Å². The van der Waals surface area contributed by atoms with Gasteiger partial charge < -0.3 is 9.84 Å². The van der Waals surface area contributed by atoms with Crippen molar-refractivity contribution in [2.24, 2.45) is 0 Å². The Kier molecular flexibility index (Phi) is 3.00. The summed E-state index contributed by atoms with van der Waals surface area (Å²) in [7, 11) is 1.50. The number of phenols is 1. The van der Waals surface area contributed by atoms with Crippen LogP contribution in [0.2, 0.25) is 0 Å². The van der Waals surface area contributed by atoms with Gasteiger partial charge in [-0.3, -0.25) is 0 Å². The van der Waals surface area contributed by atoms with E-state index in [1.165, 1.54) is 25.3 Å². The molecule has 3 heteroatoms. The molecule has 0 atom stereocenters. The molecule has 0 spiro atoms. The van der Waals surface area contributed by atoms with E-state index in [1.54, 1.807) is 12.1 Å². The van der Waals surface area contributed by atoms with Crippen molar-refractivity contribution in [1.29, 1.82) is 0 Å². The molecule has 0 aromatic heterocycles. The van der Waals surface area contributed by atoms with Gasteiger partial charge in [-0.15, -0.1) is 0 Å². The first-order valence-corrected chi connectivity index (χ1v) is 5.25. The summed E-state index contributed by atoms with van der Waals surface area (Å²) in [4.78, 5) is 0. The van der Waals surface area contributed by atoms with Crippen molar-refractivity contribution >= 4 is 0 Å². The fourth-order valence-corrected chi connectivity index (χ4v) is 1.71. The number of phenolic OH excluding ortho intramolecular Hbond substituents is 1. The summed E-state index contributed by atoms with van der Waals surface area (Å²) in [6, 6.07) is 9.67. The maximum atomic E-state index is 13.8. The zero-order valence-corrected chi connectivity index (χ0v) is 9.70. The number of halogens is 1. The van der Waals surface area contributed by atoms with Gasteiger partial charge in [-0.25, -0.2) is 4.39 Å². The largest absolute Gasteiger partial charge is 0.508 e. The molecule has 0 aliphatic heterocycles. The molecule has 0 aliphatic carbocycles. The van der Waals surface area contributed by atoms with Crippen molar-refractivity contribution in [1.82, 2.24) is 0 Å². The van der Waals surface area contributed by atoms with Gasteiger partial charge in [0.15, 0.2) is 0 Å². The third kappa shape index (κ3) is 2.38. The average Bonchev–Trinajstić information content (AvgIpc) is 2.28. The maximum absolute atomic E-state index is 13.8. The molecule has 88 valence electrons. The molecule has 0 bridgehead atoms. The molecule has 0 aliphatic rings. The molecule has 2 aromatic rings. The summed E-state index contributed by atoms with van der Waals surface area (Å²) in [5.41, 5.74) is 1.91. The van der Waals surface area contributed by atoms with E-state index in [0.717, 1.165) is 5.56 Å². The Labute approximate surface area is 99.3 Å². The second kappa shape index (κ2) is 4.45. The van der Waals surface area contributed by atoms with Crippen LogP contribution in [0.25, 0.3) is 11.1 Å². The van der Waals surface area contributed by atoms with Crippen LogP contribution in [0.3, 0.4) is 0 Å². The van der Waals surface area contributed by atoms with Crippen molar-refractivity contribution in [2.75, 3.05) is 7.11 Å². The van der Waals surface area contributed by atoms with Crippen LogP contribution in [0, 0.1) is 12.7 Å². The van der Waals surface area contributed by atoms with Gasteiger partial charge in [0.2, 0.25) is 0 Å². The molecule has 17 heavy (non-hydrogen) atoms. The molecule has 0 radical (unpaired) electrons. The number of aromatic hydroxyl groups is 1. The van der Waals surface area contributed by atoms with Crippen LogP contribution in [0.1, 0.15) is 5.56 Å². The van der Waals surface area contributed by atoms with Crippen molar-refractivity contribution in [3.63, 3.8) is 0 Å². The molecule has 0 unspecified atom stereocenters. The highest BCUT2D eigenvalue weighted by Crippen LogP contribution is 2.30. The van der Waals surface area contributed by atoms with Gasteiger partial charge in [-0.1, -0.05) is 12.1 Å². The third-order valence-corrected chi connectivity index (χ3v) is 2.56. The number of aryl methyl sites for hydroxylation is 1. The number of benzene rings is 2. The lowest BCUT2D eigenvalue weighted by molar-refractivity contribution is 0.408. The smallest absolute Gasteiger partial charge is 0.131 e. The first-order valence-electron chi connectivity index (χ1n) is 5.25. The molecule has 0 fully saturated rings. The van der Waals surface area contributed by atoms with Gasteiger partial charge in [-0.05, 0) is 36.2 Å². The van der Waals surface area contributed by atoms with Gasteiger partial charge in [0.25, 0.3) is 0 Å². The Bertz CT molecular complexity index is 550. The molecular weight excluding hydrogens is 219 g/mol. The van der Waals surface area contributed by atoms with Crippen LogP contribution in [0.4, 0.5) is 4.39 Å². The lowest BCUT2D eigenvalue weighted by atomic mass is 10.0. The molecule has 1 N–H and O–H groups in total. The summed E-state index contributed by atoms with van der Waals surface area (Å²) in [5.74, 6) is 0.247. The van der Waals surface area contributed by atoms with Gasteiger partial charge in [0.1, 0.15) is 17.3 Å². The van der Waals surface area contributed by atoms with Crippen molar-refractivity contribution < 1.29 is 14.2 Å². The van der Waals surface area contributed by atoms with Gasteiger partial charge in [0.05, 0.1) is 7.11 Å². The SMILES string of the molecule is COc1cc(O)cc(-c2ccc(C)cc2F)c1. The predicted molar refractivity (Wildman–Crippen MR) is 64.8 cm³/mol. The van der Waals surface area contributed by atoms with Gasteiger partial charge >= 0.3 is 0 Å². The summed E-state index contributed by atoms with van der Waals surface area (Å²) in [5, 5.41) is 9.53. The van der Waals surface area contributed by atoms with Gasteiger partial charge in [-0.2, -0.15) is 0 Å². The zero-order valence-electron chi connectivity index (χ0n) is 9.70. The Morgan fingerprint density at radius 2 is 1.88 bits per heavy atom. The number of hydrogen-bond acceptors (Lipinski definition) is 2. The molecular formula is C14H13FO2. The van der Waals surface area contributed by atoms with Crippen LogP contribution in [0.15, 0.2) is 36.4 Å². The highest BCUT2D eigenvalue weighted by atomic mass is 19.1. The Balaban J connectivity index is 2.55. The molecule has 2 aromatic carbocycles. The monoisotopic (exact) mass is 232 g/mol. The fraction of sp³-hybridized carbons (Fsp3) is 0.143. The lowest BCUT2D eigenvalue weighted by Gasteiger charge is -2.07. The van der Waals surface area contributed by atoms with E-state index >= 15 is 0 Å². The van der Waals surface area contributed by atoms with E-state index in [-0.39, 0.29) is 11.6 Å². The maximum Gasteiger partial charge on any atom is 0.131 e. The molecule has 0 heterocycles. The Morgan fingerprint density at radius 3 is 2.53 bits per heavy atom. The summed E-state index contributed by atoms with van der Waals surface area (Å²) < 4.78 is 18.8. The van der Waals surface area contributed by atoms with E-state index in [9.17, 15) is 9.50 Å². The van der Waals surface area contributed by atoms with E-state index in [1.807, 2.05) is 13.0 Å². The van der Waals surface area contributed by atoms with E-state index in [4.69, 9.17) is 4.74 Å².